The number of carbonyl (C=O) groups excluding carboxylic acids is 1. The summed E-state index contributed by atoms with van der Waals surface area (Å²) in [6.07, 6.45) is 5.20. The molecule has 3 nitrogen and oxygen atoms in total. The van der Waals surface area contributed by atoms with E-state index in [1.807, 2.05) is 12.2 Å². The minimum Gasteiger partial charge on any atom is -0.466 e. The van der Waals surface area contributed by atoms with Crippen LogP contribution in [0.3, 0.4) is 0 Å². The Balaban J connectivity index is 2.54. The summed E-state index contributed by atoms with van der Waals surface area (Å²) >= 11 is 0. The van der Waals surface area contributed by atoms with Gasteiger partial charge in [0.25, 0.3) is 0 Å². The van der Waals surface area contributed by atoms with E-state index in [-0.39, 0.29) is 5.97 Å². The van der Waals surface area contributed by atoms with Crippen LogP contribution < -0.4 is 5.32 Å². The van der Waals surface area contributed by atoms with Crippen LogP contribution in [0.4, 0.5) is 0 Å². The van der Waals surface area contributed by atoms with Crippen LogP contribution >= 0.6 is 0 Å². The third-order valence-electron chi connectivity index (χ3n) is 1.20. The summed E-state index contributed by atoms with van der Waals surface area (Å²) in [4.78, 5) is 10.6. The van der Waals surface area contributed by atoms with Crippen LogP contribution in [-0.2, 0) is 9.53 Å². The highest BCUT2D eigenvalue weighted by molar-refractivity contribution is 5.83. The van der Waals surface area contributed by atoms with Crippen molar-refractivity contribution >= 4 is 5.97 Å². The van der Waals surface area contributed by atoms with Crippen LogP contribution in [-0.4, -0.2) is 19.6 Å². The number of hydrogen-bond donors (Lipinski definition) is 1. The Hall–Kier alpha value is -1.25. The number of methoxy groups -OCH3 is 1. The van der Waals surface area contributed by atoms with Crippen LogP contribution in [0.25, 0.3) is 0 Å². The first-order chi connectivity index (χ1) is 4.83. The van der Waals surface area contributed by atoms with E-state index >= 15 is 0 Å². The summed E-state index contributed by atoms with van der Waals surface area (Å²) < 4.78 is 4.42. The fourth-order valence-corrected chi connectivity index (χ4v) is 0.707. The van der Waals surface area contributed by atoms with Gasteiger partial charge >= 0.3 is 5.97 Å². The molecule has 0 saturated heterocycles. The largest absolute Gasteiger partial charge is 0.466 e. The Morgan fingerprint density at radius 3 is 3.20 bits per heavy atom. The molecule has 0 saturated carbocycles. The second-order valence-corrected chi connectivity index (χ2v) is 1.91. The lowest BCUT2D eigenvalue weighted by Crippen LogP contribution is -2.07. The smallest absolute Gasteiger partial charge is 0.332 e. The molecule has 0 radical (unpaired) electrons. The zero-order valence-electron chi connectivity index (χ0n) is 5.76. The third-order valence-corrected chi connectivity index (χ3v) is 1.20. The second kappa shape index (κ2) is 3.06. The molecule has 1 rings (SSSR count). The summed E-state index contributed by atoms with van der Waals surface area (Å²) in [6, 6.07) is 0. The predicted octanol–water partition coefficient (Wildman–Crippen LogP) is 0.203. The van der Waals surface area contributed by atoms with Crippen molar-refractivity contribution < 1.29 is 9.53 Å². The van der Waals surface area contributed by atoms with Gasteiger partial charge in [-0.1, -0.05) is 6.08 Å². The van der Waals surface area contributed by atoms with Gasteiger partial charge < -0.3 is 10.1 Å². The zero-order chi connectivity index (χ0) is 7.40. The molecule has 0 aromatic heterocycles. The van der Waals surface area contributed by atoms with Crippen LogP contribution in [0.2, 0.25) is 0 Å². The topological polar surface area (TPSA) is 38.3 Å². The zero-order valence-corrected chi connectivity index (χ0v) is 5.76. The molecule has 0 fully saturated rings. The van der Waals surface area contributed by atoms with Gasteiger partial charge in [-0.15, -0.1) is 0 Å². The van der Waals surface area contributed by atoms with E-state index in [0.29, 0.717) is 0 Å². The van der Waals surface area contributed by atoms with Crippen molar-refractivity contribution in [3.05, 3.63) is 23.9 Å². The molecule has 0 aliphatic carbocycles. The average Bonchev–Trinajstić information content (AvgIpc) is 2.40. The maximum absolute atomic E-state index is 10.6. The van der Waals surface area contributed by atoms with Gasteiger partial charge in [-0.2, -0.15) is 0 Å². The summed E-state index contributed by atoms with van der Waals surface area (Å²) in [5.74, 6) is -0.325. The van der Waals surface area contributed by atoms with Gasteiger partial charge in [0, 0.05) is 18.3 Å². The lowest BCUT2D eigenvalue weighted by molar-refractivity contribution is -0.134. The van der Waals surface area contributed by atoms with Crippen molar-refractivity contribution in [2.24, 2.45) is 0 Å². The van der Waals surface area contributed by atoms with Gasteiger partial charge in [0.1, 0.15) is 0 Å². The Morgan fingerprint density at radius 1 is 1.90 bits per heavy atom. The Bertz CT molecular complexity index is 194. The predicted molar refractivity (Wildman–Crippen MR) is 37.2 cm³/mol. The van der Waals surface area contributed by atoms with Crippen molar-refractivity contribution in [2.45, 2.75) is 0 Å². The van der Waals surface area contributed by atoms with Gasteiger partial charge in [-0.25, -0.2) is 4.79 Å². The molecule has 1 aliphatic heterocycles. The van der Waals surface area contributed by atoms with Crippen LogP contribution in [0.5, 0.6) is 0 Å². The van der Waals surface area contributed by atoms with Gasteiger partial charge in [0.05, 0.1) is 7.11 Å². The number of rotatable bonds is 1. The molecule has 0 atom stereocenters. The number of allylic oxidation sites excluding steroid dienone is 1. The SMILES string of the molecule is COC(=O)C=C1C=CCN1. The molecule has 0 amide bonds. The highest BCUT2D eigenvalue weighted by Crippen LogP contribution is 1.98. The normalized spacial score (nSPS) is 19.1. The first-order valence-corrected chi connectivity index (χ1v) is 3.03. The monoisotopic (exact) mass is 139 g/mol. The van der Waals surface area contributed by atoms with Gasteiger partial charge in [0.2, 0.25) is 0 Å². The maximum Gasteiger partial charge on any atom is 0.332 e. The molecular weight excluding hydrogens is 130 g/mol. The van der Waals surface area contributed by atoms with E-state index in [4.69, 9.17) is 0 Å². The third kappa shape index (κ3) is 1.62. The maximum atomic E-state index is 10.6. The summed E-state index contributed by atoms with van der Waals surface area (Å²) in [7, 11) is 1.36. The minimum atomic E-state index is -0.325. The van der Waals surface area contributed by atoms with E-state index in [2.05, 4.69) is 10.1 Å². The molecule has 0 aromatic carbocycles. The molecular formula is C7H9NO2. The molecule has 0 aromatic rings. The van der Waals surface area contributed by atoms with Crippen molar-refractivity contribution in [1.29, 1.82) is 0 Å². The van der Waals surface area contributed by atoms with Crippen molar-refractivity contribution in [1.82, 2.24) is 5.32 Å². The van der Waals surface area contributed by atoms with Crippen LogP contribution in [0, 0.1) is 0 Å². The lowest BCUT2D eigenvalue weighted by Gasteiger charge is -1.95. The van der Waals surface area contributed by atoms with Crippen molar-refractivity contribution in [2.75, 3.05) is 13.7 Å². The molecule has 1 heterocycles. The van der Waals surface area contributed by atoms with E-state index in [1.165, 1.54) is 13.2 Å². The second-order valence-electron chi connectivity index (χ2n) is 1.91. The van der Waals surface area contributed by atoms with Crippen molar-refractivity contribution in [3.8, 4) is 0 Å². The quantitative estimate of drug-likeness (QED) is 0.416. The Kier molecular flexibility index (Phi) is 2.10. The van der Waals surface area contributed by atoms with Crippen LogP contribution in [0.1, 0.15) is 0 Å². The lowest BCUT2D eigenvalue weighted by atomic mass is 10.4. The van der Waals surface area contributed by atoms with Gasteiger partial charge in [0.15, 0.2) is 0 Å². The highest BCUT2D eigenvalue weighted by Gasteiger charge is 2.00. The first-order valence-electron chi connectivity index (χ1n) is 3.03. The Morgan fingerprint density at radius 2 is 2.70 bits per heavy atom. The average molecular weight is 139 g/mol. The van der Waals surface area contributed by atoms with E-state index in [9.17, 15) is 4.79 Å². The van der Waals surface area contributed by atoms with E-state index in [1.54, 1.807) is 0 Å². The van der Waals surface area contributed by atoms with Crippen molar-refractivity contribution in [3.63, 3.8) is 0 Å². The number of nitrogens with one attached hydrogen (secondary N) is 1. The first kappa shape index (κ1) is 6.86. The molecule has 54 valence electrons. The molecule has 10 heavy (non-hydrogen) atoms. The molecule has 1 aliphatic rings. The molecule has 0 bridgehead atoms. The fourth-order valence-electron chi connectivity index (χ4n) is 0.707. The minimum absolute atomic E-state index is 0.325. The van der Waals surface area contributed by atoms with Crippen LogP contribution in [0.15, 0.2) is 23.9 Å². The number of hydrogen-bond acceptors (Lipinski definition) is 3. The summed E-state index contributed by atoms with van der Waals surface area (Å²) in [5.41, 5.74) is 0.812. The number of carbonyl (C=O) groups is 1. The molecule has 1 N–H and O–H groups in total. The molecule has 3 heteroatoms. The van der Waals surface area contributed by atoms with Gasteiger partial charge in [-0.05, 0) is 6.08 Å². The molecule has 0 unspecified atom stereocenters. The Labute approximate surface area is 59.4 Å². The number of ether oxygens (including phenoxy) is 1. The standard InChI is InChI=1S/C7H9NO2/c1-10-7(9)5-6-3-2-4-8-6/h2-3,5,8H,4H2,1H3. The van der Waals surface area contributed by atoms with E-state index in [0.717, 1.165) is 12.2 Å². The number of esters is 1. The summed E-state index contributed by atoms with van der Waals surface area (Å²) in [5, 5.41) is 2.97. The summed E-state index contributed by atoms with van der Waals surface area (Å²) in [6.45, 7) is 0.794. The highest BCUT2D eigenvalue weighted by atomic mass is 16.5. The van der Waals surface area contributed by atoms with Gasteiger partial charge in [-0.3, -0.25) is 0 Å². The van der Waals surface area contributed by atoms with E-state index < -0.39 is 0 Å². The molecule has 0 spiro atoms. The fraction of sp³-hybridized carbons (Fsp3) is 0.286.